The minimum absolute atomic E-state index is 0.729. The Kier molecular flexibility index (Phi) is 5.19. The molecule has 0 spiro atoms. The van der Waals surface area contributed by atoms with Gasteiger partial charge in [0, 0.05) is 11.3 Å². The van der Waals surface area contributed by atoms with E-state index in [-0.39, 0.29) is 0 Å². The van der Waals surface area contributed by atoms with Crippen molar-refractivity contribution in [1.29, 1.82) is 0 Å². The molecule has 1 N–H and O–H groups in total. The minimum Gasteiger partial charge on any atom is -0.346 e. The maximum Gasteiger partial charge on any atom is 0.111 e. The highest BCUT2D eigenvalue weighted by Crippen LogP contribution is 2.27. The quantitative estimate of drug-likeness (QED) is 0.596. The summed E-state index contributed by atoms with van der Waals surface area (Å²) < 4.78 is 0. The fraction of sp³-hybridized carbons (Fsp3) is 0.0455. The van der Waals surface area contributed by atoms with E-state index in [9.17, 15) is 0 Å². The van der Waals surface area contributed by atoms with Crippen molar-refractivity contribution in [3.8, 4) is 0 Å². The molecule has 0 fully saturated rings. The summed E-state index contributed by atoms with van der Waals surface area (Å²) in [6.45, 7) is 2.06. The summed E-state index contributed by atoms with van der Waals surface area (Å²) in [5.74, 6) is 0. The van der Waals surface area contributed by atoms with E-state index in [1.807, 2.05) is 42.5 Å². The van der Waals surface area contributed by atoms with Crippen LogP contribution in [0.4, 0.5) is 5.69 Å². The molecule has 0 saturated carbocycles. The Morgan fingerprint density at radius 1 is 0.750 bits per heavy atom. The second-order valence-corrected chi connectivity index (χ2v) is 5.84. The Hall–Kier alpha value is -2.71. The van der Waals surface area contributed by atoms with E-state index >= 15 is 0 Å². The number of nitrogens with one attached hydrogen (secondary N) is 1. The number of thiocarbonyl (C=S) groups is 1. The van der Waals surface area contributed by atoms with Crippen LogP contribution in [0.3, 0.4) is 0 Å². The van der Waals surface area contributed by atoms with Gasteiger partial charge in [0.05, 0.1) is 0 Å². The van der Waals surface area contributed by atoms with Crippen LogP contribution in [-0.2, 0) is 0 Å². The van der Waals surface area contributed by atoms with E-state index in [0.29, 0.717) is 0 Å². The zero-order chi connectivity index (χ0) is 16.8. The molecule has 24 heavy (non-hydrogen) atoms. The molecule has 0 radical (unpaired) electrons. The van der Waals surface area contributed by atoms with E-state index in [2.05, 4.69) is 60.8 Å². The van der Waals surface area contributed by atoms with Crippen molar-refractivity contribution in [3.63, 3.8) is 0 Å². The first-order valence-electron chi connectivity index (χ1n) is 7.97. The molecule has 3 rings (SSSR count). The molecule has 0 aromatic heterocycles. The predicted octanol–water partition coefficient (Wildman–Crippen LogP) is 5.93. The van der Waals surface area contributed by atoms with Crippen LogP contribution in [0.25, 0.3) is 5.57 Å². The average Bonchev–Trinajstić information content (AvgIpc) is 2.64. The molecule has 0 amide bonds. The molecule has 0 heterocycles. The van der Waals surface area contributed by atoms with E-state index in [4.69, 9.17) is 12.2 Å². The van der Waals surface area contributed by atoms with Crippen LogP contribution in [0.2, 0.25) is 0 Å². The van der Waals surface area contributed by atoms with Crippen LogP contribution >= 0.6 is 12.2 Å². The molecule has 0 bridgehead atoms. The van der Waals surface area contributed by atoms with Crippen molar-refractivity contribution in [3.05, 3.63) is 108 Å². The minimum atomic E-state index is 0.729. The zero-order valence-electron chi connectivity index (χ0n) is 13.6. The van der Waals surface area contributed by atoms with Gasteiger partial charge in [0.2, 0.25) is 0 Å². The van der Waals surface area contributed by atoms with E-state index < -0.39 is 0 Å². The molecular weight excluding hydrogens is 310 g/mol. The van der Waals surface area contributed by atoms with Crippen LogP contribution in [0, 0.1) is 0 Å². The van der Waals surface area contributed by atoms with Gasteiger partial charge in [0.1, 0.15) is 4.99 Å². The normalized spacial score (nSPS) is 11.1. The van der Waals surface area contributed by atoms with Gasteiger partial charge in [-0.05, 0) is 35.8 Å². The Bertz CT molecular complexity index is 851. The fourth-order valence-electron chi connectivity index (χ4n) is 2.73. The number of hydrogen-bond acceptors (Lipinski definition) is 1. The first-order chi connectivity index (χ1) is 11.8. The lowest BCUT2D eigenvalue weighted by molar-refractivity contribution is 1.50. The molecule has 3 aromatic carbocycles. The average molecular weight is 329 g/mol. The van der Waals surface area contributed by atoms with Gasteiger partial charge in [-0.25, -0.2) is 0 Å². The van der Waals surface area contributed by atoms with Gasteiger partial charge in [0.15, 0.2) is 0 Å². The molecule has 118 valence electrons. The third-order valence-corrected chi connectivity index (χ3v) is 4.19. The lowest BCUT2D eigenvalue weighted by Gasteiger charge is -2.15. The highest BCUT2D eigenvalue weighted by Gasteiger charge is 2.12. The predicted molar refractivity (Wildman–Crippen MR) is 107 cm³/mol. The highest BCUT2D eigenvalue weighted by atomic mass is 32.1. The van der Waals surface area contributed by atoms with Gasteiger partial charge in [-0.15, -0.1) is 0 Å². The Morgan fingerprint density at radius 2 is 1.29 bits per heavy atom. The van der Waals surface area contributed by atoms with Gasteiger partial charge in [-0.2, -0.15) is 0 Å². The number of benzene rings is 3. The Balaban J connectivity index is 1.97. The molecular formula is C22H19NS. The van der Waals surface area contributed by atoms with Gasteiger partial charge < -0.3 is 5.32 Å². The summed E-state index contributed by atoms with van der Waals surface area (Å²) in [6, 6.07) is 28.7. The third kappa shape index (κ3) is 3.61. The Morgan fingerprint density at radius 3 is 1.92 bits per heavy atom. The largest absolute Gasteiger partial charge is 0.346 e. The van der Waals surface area contributed by atoms with Gasteiger partial charge in [-0.1, -0.05) is 91.1 Å². The maximum atomic E-state index is 5.67. The molecule has 2 heteroatoms. The van der Waals surface area contributed by atoms with Gasteiger partial charge in [-0.3, -0.25) is 0 Å². The third-order valence-electron chi connectivity index (χ3n) is 3.87. The second kappa shape index (κ2) is 7.71. The summed E-state index contributed by atoms with van der Waals surface area (Å²) in [5, 5.41) is 3.33. The summed E-state index contributed by atoms with van der Waals surface area (Å²) >= 11 is 5.67. The molecule has 0 saturated heterocycles. The van der Waals surface area contributed by atoms with Crippen LogP contribution in [0.5, 0.6) is 0 Å². The van der Waals surface area contributed by atoms with Crippen LogP contribution in [-0.4, -0.2) is 4.99 Å². The second-order valence-electron chi connectivity index (χ2n) is 5.43. The topological polar surface area (TPSA) is 12.0 Å². The number of anilines is 1. The van der Waals surface area contributed by atoms with E-state index in [0.717, 1.165) is 21.8 Å². The molecule has 0 aliphatic rings. The van der Waals surface area contributed by atoms with E-state index in [1.54, 1.807) is 0 Å². The SMILES string of the molecule is C/C=C(\c1ccccc1)c1ccccc1C(=S)Nc1ccccc1. The first kappa shape index (κ1) is 16.2. The van der Waals surface area contributed by atoms with Crippen molar-refractivity contribution in [2.24, 2.45) is 0 Å². The standard InChI is InChI=1S/C22H19NS/c1-2-19(17-11-5-3-6-12-17)20-15-9-10-16-21(20)22(24)23-18-13-7-4-8-14-18/h2-16H,1H3,(H,23,24)/b19-2+. The van der Waals surface area contributed by atoms with Crippen molar-refractivity contribution in [2.75, 3.05) is 5.32 Å². The molecule has 3 aromatic rings. The molecule has 0 aliphatic heterocycles. The van der Waals surface area contributed by atoms with Crippen molar-refractivity contribution in [2.45, 2.75) is 6.92 Å². The zero-order valence-corrected chi connectivity index (χ0v) is 14.4. The number of para-hydroxylation sites is 1. The van der Waals surface area contributed by atoms with Crippen molar-refractivity contribution in [1.82, 2.24) is 0 Å². The van der Waals surface area contributed by atoms with E-state index in [1.165, 1.54) is 11.1 Å². The monoisotopic (exact) mass is 329 g/mol. The first-order valence-corrected chi connectivity index (χ1v) is 8.38. The number of rotatable bonds is 4. The lowest BCUT2D eigenvalue weighted by atomic mass is 9.93. The number of hydrogen-bond donors (Lipinski definition) is 1. The molecule has 0 unspecified atom stereocenters. The summed E-state index contributed by atoms with van der Waals surface area (Å²) in [4.78, 5) is 0.729. The fourth-order valence-corrected chi connectivity index (χ4v) is 3.03. The van der Waals surface area contributed by atoms with Crippen molar-refractivity contribution < 1.29 is 0 Å². The van der Waals surface area contributed by atoms with Crippen LogP contribution in [0.15, 0.2) is 91.0 Å². The maximum absolute atomic E-state index is 5.67. The van der Waals surface area contributed by atoms with Crippen LogP contribution in [0.1, 0.15) is 23.6 Å². The van der Waals surface area contributed by atoms with Gasteiger partial charge >= 0.3 is 0 Å². The van der Waals surface area contributed by atoms with Gasteiger partial charge in [0.25, 0.3) is 0 Å². The molecule has 1 nitrogen and oxygen atoms in total. The number of allylic oxidation sites excluding steroid dienone is 1. The Labute approximate surface area is 148 Å². The lowest BCUT2D eigenvalue weighted by Crippen LogP contribution is -2.12. The molecule has 0 atom stereocenters. The smallest absolute Gasteiger partial charge is 0.111 e. The molecule has 0 aliphatic carbocycles. The highest BCUT2D eigenvalue weighted by molar-refractivity contribution is 7.81. The summed E-state index contributed by atoms with van der Waals surface area (Å²) in [5.41, 5.74) is 5.55. The summed E-state index contributed by atoms with van der Waals surface area (Å²) in [6.07, 6.45) is 2.14. The van der Waals surface area contributed by atoms with Crippen molar-refractivity contribution >= 4 is 28.5 Å². The summed E-state index contributed by atoms with van der Waals surface area (Å²) in [7, 11) is 0. The van der Waals surface area contributed by atoms with Crippen LogP contribution < -0.4 is 5.32 Å².